The maximum absolute atomic E-state index is 6.57. The predicted molar refractivity (Wildman–Crippen MR) is 63.0 cm³/mol. The monoisotopic (exact) mass is 211 g/mol. The zero-order valence-corrected chi connectivity index (χ0v) is 10.4. The van der Waals surface area contributed by atoms with Crippen LogP contribution in [0.1, 0.15) is 52.9 Å². The lowest BCUT2D eigenvalue weighted by atomic mass is 9.83. The van der Waals surface area contributed by atoms with E-state index in [2.05, 4.69) is 26.1 Å². The predicted octanol–water partition coefficient (Wildman–Crippen LogP) is 2.72. The fourth-order valence-electron chi connectivity index (χ4n) is 3.23. The van der Waals surface area contributed by atoms with Crippen LogP contribution in [0.2, 0.25) is 0 Å². The quantitative estimate of drug-likeness (QED) is 0.758. The van der Waals surface area contributed by atoms with Gasteiger partial charge in [-0.25, -0.2) is 0 Å². The number of rotatable bonds is 2. The van der Waals surface area contributed by atoms with E-state index < -0.39 is 0 Å². The van der Waals surface area contributed by atoms with Crippen LogP contribution in [0, 0.1) is 5.92 Å². The van der Waals surface area contributed by atoms with E-state index in [1.165, 1.54) is 25.7 Å². The molecule has 0 radical (unpaired) electrons. The van der Waals surface area contributed by atoms with E-state index in [0.717, 1.165) is 19.5 Å². The molecule has 1 atom stereocenters. The highest BCUT2D eigenvalue weighted by atomic mass is 16.5. The maximum atomic E-state index is 6.57. The van der Waals surface area contributed by atoms with Crippen molar-refractivity contribution >= 4 is 0 Å². The first-order valence-electron chi connectivity index (χ1n) is 6.53. The SMILES string of the molecule is CCC1(C(C)C)CNCC2(CCCC2)O1. The van der Waals surface area contributed by atoms with E-state index in [1.54, 1.807) is 0 Å². The molecule has 0 bridgehead atoms. The normalized spacial score (nSPS) is 35.2. The van der Waals surface area contributed by atoms with Gasteiger partial charge < -0.3 is 10.1 Å². The Labute approximate surface area is 93.8 Å². The van der Waals surface area contributed by atoms with Crippen LogP contribution in [0.15, 0.2) is 0 Å². The zero-order chi connectivity index (χ0) is 10.9. The fourth-order valence-corrected chi connectivity index (χ4v) is 3.23. The zero-order valence-electron chi connectivity index (χ0n) is 10.4. The molecule has 1 unspecified atom stereocenters. The molecule has 1 aliphatic heterocycles. The van der Waals surface area contributed by atoms with Gasteiger partial charge in [-0.2, -0.15) is 0 Å². The Balaban J connectivity index is 2.14. The smallest absolute Gasteiger partial charge is 0.0834 e. The van der Waals surface area contributed by atoms with Gasteiger partial charge in [0.25, 0.3) is 0 Å². The molecule has 88 valence electrons. The van der Waals surface area contributed by atoms with E-state index in [4.69, 9.17) is 4.74 Å². The number of hydrogen-bond donors (Lipinski definition) is 1. The number of morpholine rings is 1. The number of nitrogens with one attached hydrogen (secondary N) is 1. The summed E-state index contributed by atoms with van der Waals surface area (Å²) in [5.74, 6) is 0.604. The average Bonchev–Trinajstić information content (AvgIpc) is 2.66. The highest BCUT2D eigenvalue weighted by Crippen LogP contribution is 2.41. The Morgan fingerprint density at radius 2 is 1.87 bits per heavy atom. The molecule has 2 heteroatoms. The fraction of sp³-hybridized carbons (Fsp3) is 1.00. The third-order valence-corrected chi connectivity index (χ3v) is 4.46. The highest BCUT2D eigenvalue weighted by Gasteiger charge is 2.47. The van der Waals surface area contributed by atoms with Crippen molar-refractivity contribution in [1.29, 1.82) is 0 Å². The Morgan fingerprint density at radius 3 is 2.40 bits per heavy atom. The van der Waals surface area contributed by atoms with E-state index in [9.17, 15) is 0 Å². The summed E-state index contributed by atoms with van der Waals surface area (Å²) in [6.45, 7) is 8.94. The second-order valence-electron chi connectivity index (χ2n) is 5.67. The molecule has 1 heterocycles. The minimum atomic E-state index is 0.0859. The van der Waals surface area contributed by atoms with Gasteiger partial charge >= 0.3 is 0 Å². The second kappa shape index (κ2) is 4.06. The van der Waals surface area contributed by atoms with Crippen molar-refractivity contribution in [1.82, 2.24) is 5.32 Å². The minimum absolute atomic E-state index is 0.0859. The van der Waals surface area contributed by atoms with Gasteiger partial charge in [-0.3, -0.25) is 0 Å². The summed E-state index contributed by atoms with van der Waals surface area (Å²) < 4.78 is 6.57. The summed E-state index contributed by atoms with van der Waals surface area (Å²) in [6, 6.07) is 0. The van der Waals surface area contributed by atoms with Crippen LogP contribution >= 0.6 is 0 Å². The molecule has 2 nitrogen and oxygen atoms in total. The Kier molecular flexibility index (Phi) is 3.09. The van der Waals surface area contributed by atoms with Crippen LogP contribution in [0.3, 0.4) is 0 Å². The van der Waals surface area contributed by atoms with Gasteiger partial charge in [0.2, 0.25) is 0 Å². The molecule has 2 aliphatic rings. The van der Waals surface area contributed by atoms with Crippen molar-refractivity contribution in [3.63, 3.8) is 0 Å². The molecule has 0 aromatic heterocycles. The number of hydrogen-bond acceptors (Lipinski definition) is 2. The first-order valence-corrected chi connectivity index (χ1v) is 6.53. The first-order chi connectivity index (χ1) is 7.13. The van der Waals surface area contributed by atoms with Crippen molar-refractivity contribution in [2.75, 3.05) is 13.1 Å². The van der Waals surface area contributed by atoms with Gasteiger partial charge in [-0.1, -0.05) is 33.6 Å². The lowest BCUT2D eigenvalue weighted by Gasteiger charge is -2.49. The third kappa shape index (κ3) is 1.94. The van der Waals surface area contributed by atoms with Crippen molar-refractivity contribution in [2.45, 2.75) is 64.1 Å². The third-order valence-electron chi connectivity index (χ3n) is 4.46. The van der Waals surface area contributed by atoms with E-state index in [0.29, 0.717) is 5.92 Å². The van der Waals surface area contributed by atoms with Gasteiger partial charge in [-0.05, 0) is 25.2 Å². The molecule has 1 spiro atoms. The molecule has 0 aromatic rings. The average molecular weight is 211 g/mol. The van der Waals surface area contributed by atoms with E-state index >= 15 is 0 Å². The van der Waals surface area contributed by atoms with E-state index in [1.807, 2.05) is 0 Å². The summed E-state index contributed by atoms with van der Waals surface area (Å²) >= 11 is 0. The maximum Gasteiger partial charge on any atom is 0.0834 e. The van der Waals surface area contributed by atoms with Gasteiger partial charge in [0.15, 0.2) is 0 Å². The summed E-state index contributed by atoms with van der Waals surface area (Å²) in [6.07, 6.45) is 6.33. The van der Waals surface area contributed by atoms with Gasteiger partial charge in [-0.15, -0.1) is 0 Å². The molecule has 2 fully saturated rings. The largest absolute Gasteiger partial charge is 0.366 e. The summed E-state index contributed by atoms with van der Waals surface area (Å²) in [5.41, 5.74) is 0.265. The Morgan fingerprint density at radius 1 is 1.20 bits per heavy atom. The van der Waals surface area contributed by atoms with Crippen LogP contribution in [0.4, 0.5) is 0 Å². The molecule has 1 saturated heterocycles. The molecule has 0 amide bonds. The van der Waals surface area contributed by atoms with Gasteiger partial charge in [0.1, 0.15) is 0 Å². The molecule has 0 aromatic carbocycles. The second-order valence-corrected chi connectivity index (χ2v) is 5.67. The lowest BCUT2D eigenvalue weighted by molar-refractivity contribution is -0.196. The highest BCUT2D eigenvalue weighted by molar-refractivity contribution is 4.99. The summed E-state index contributed by atoms with van der Waals surface area (Å²) in [5, 5.41) is 3.62. The van der Waals surface area contributed by atoms with Crippen molar-refractivity contribution in [2.24, 2.45) is 5.92 Å². The van der Waals surface area contributed by atoms with Crippen molar-refractivity contribution in [3.8, 4) is 0 Å². The van der Waals surface area contributed by atoms with Gasteiger partial charge in [0, 0.05) is 13.1 Å². The molecule has 1 N–H and O–H groups in total. The standard InChI is InChI=1S/C13H25NO/c1-4-13(11(2)3)10-14-9-12(15-13)7-5-6-8-12/h11,14H,4-10H2,1-3H3. The Hall–Kier alpha value is -0.0800. The molecular formula is C13H25NO. The molecule has 2 rings (SSSR count). The van der Waals surface area contributed by atoms with Crippen LogP contribution in [-0.4, -0.2) is 24.3 Å². The van der Waals surface area contributed by atoms with Crippen LogP contribution in [0.25, 0.3) is 0 Å². The molecular weight excluding hydrogens is 186 g/mol. The first kappa shape index (κ1) is 11.4. The molecule has 1 saturated carbocycles. The minimum Gasteiger partial charge on any atom is -0.366 e. The van der Waals surface area contributed by atoms with Gasteiger partial charge in [0.05, 0.1) is 11.2 Å². The van der Waals surface area contributed by atoms with Crippen LogP contribution in [-0.2, 0) is 4.74 Å². The van der Waals surface area contributed by atoms with Crippen LogP contribution < -0.4 is 5.32 Å². The van der Waals surface area contributed by atoms with E-state index in [-0.39, 0.29) is 11.2 Å². The topological polar surface area (TPSA) is 21.3 Å². The Bertz CT molecular complexity index is 221. The molecule has 1 aliphatic carbocycles. The lowest BCUT2D eigenvalue weighted by Crippen LogP contribution is -2.61. The van der Waals surface area contributed by atoms with Crippen molar-refractivity contribution < 1.29 is 4.74 Å². The summed E-state index contributed by atoms with van der Waals surface area (Å²) in [4.78, 5) is 0. The van der Waals surface area contributed by atoms with Crippen LogP contribution in [0.5, 0.6) is 0 Å². The number of ether oxygens (including phenoxy) is 1. The molecule has 15 heavy (non-hydrogen) atoms. The summed E-state index contributed by atoms with van der Waals surface area (Å²) in [7, 11) is 0. The van der Waals surface area contributed by atoms with Crippen molar-refractivity contribution in [3.05, 3.63) is 0 Å².